The molecule has 132 valence electrons. The predicted molar refractivity (Wildman–Crippen MR) is 98.0 cm³/mol. The monoisotopic (exact) mass is 341 g/mol. The molecule has 0 radical (unpaired) electrons. The van der Waals surface area contributed by atoms with E-state index in [1.807, 2.05) is 30.0 Å². The van der Waals surface area contributed by atoms with E-state index < -0.39 is 0 Å². The second-order valence-corrected chi connectivity index (χ2v) is 7.02. The number of carbonyl (C=O) groups is 1. The molecule has 4 nitrogen and oxygen atoms in total. The summed E-state index contributed by atoms with van der Waals surface area (Å²) in [6, 6.07) is 7.29. The average Bonchev–Trinajstić information content (AvgIpc) is 2.56. The zero-order valence-electron chi connectivity index (χ0n) is 14.9. The number of aromatic nitrogens is 1. The number of piperidine rings is 1. The van der Waals surface area contributed by atoms with Gasteiger partial charge in [0.05, 0.1) is 6.20 Å². The van der Waals surface area contributed by atoms with Gasteiger partial charge in [-0.2, -0.15) is 0 Å². The lowest BCUT2D eigenvalue weighted by Crippen LogP contribution is -2.46. The van der Waals surface area contributed by atoms with Crippen molar-refractivity contribution < 1.29 is 9.18 Å². The third-order valence-electron chi connectivity index (χ3n) is 4.90. The van der Waals surface area contributed by atoms with Gasteiger partial charge in [0, 0.05) is 30.0 Å². The molecular weight excluding hydrogens is 317 g/mol. The number of anilines is 1. The van der Waals surface area contributed by atoms with Crippen LogP contribution in [0, 0.1) is 18.7 Å². The van der Waals surface area contributed by atoms with Gasteiger partial charge in [-0.1, -0.05) is 13.0 Å². The number of urea groups is 1. The fourth-order valence-electron chi connectivity index (χ4n) is 3.47. The number of carbonyl (C=O) groups excluding carboxylic acids is 1. The molecule has 1 aliphatic rings. The topological polar surface area (TPSA) is 45.2 Å². The molecular formula is C20H24FN3O. The van der Waals surface area contributed by atoms with E-state index in [9.17, 15) is 9.18 Å². The molecule has 1 aliphatic heterocycles. The van der Waals surface area contributed by atoms with Crippen LogP contribution in [0.5, 0.6) is 0 Å². The molecule has 0 bridgehead atoms. The van der Waals surface area contributed by atoms with Crippen molar-refractivity contribution in [2.45, 2.75) is 39.7 Å². The molecule has 0 spiro atoms. The van der Waals surface area contributed by atoms with E-state index in [4.69, 9.17) is 0 Å². The van der Waals surface area contributed by atoms with Gasteiger partial charge in [0.15, 0.2) is 0 Å². The Morgan fingerprint density at radius 1 is 1.28 bits per heavy atom. The summed E-state index contributed by atoms with van der Waals surface area (Å²) in [6.45, 7) is 7.06. The predicted octanol–water partition coefficient (Wildman–Crippen LogP) is 4.85. The Labute approximate surface area is 148 Å². The highest BCUT2D eigenvalue weighted by Crippen LogP contribution is 2.28. The minimum absolute atomic E-state index is 0.0772. The lowest BCUT2D eigenvalue weighted by molar-refractivity contribution is 0.150. The molecule has 2 aromatic rings. The van der Waals surface area contributed by atoms with Gasteiger partial charge >= 0.3 is 6.03 Å². The van der Waals surface area contributed by atoms with Crippen LogP contribution in [0.4, 0.5) is 14.9 Å². The van der Waals surface area contributed by atoms with Gasteiger partial charge in [-0.15, -0.1) is 0 Å². The van der Waals surface area contributed by atoms with Crippen molar-refractivity contribution >= 4 is 11.7 Å². The van der Waals surface area contributed by atoms with Crippen LogP contribution >= 0.6 is 0 Å². The second-order valence-electron chi connectivity index (χ2n) is 7.02. The van der Waals surface area contributed by atoms with Gasteiger partial charge in [0.1, 0.15) is 5.82 Å². The summed E-state index contributed by atoms with van der Waals surface area (Å²) in [4.78, 5) is 18.4. The van der Waals surface area contributed by atoms with Gasteiger partial charge in [-0.25, -0.2) is 9.18 Å². The number of hydrogen-bond donors (Lipinski definition) is 1. The zero-order valence-corrected chi connectivity index (χ0v) is 14.9. The van der Waals surface area contributed by atoms with Crippen molar-refractivity contribution in [3.8, 4) is 11.1 Å². The van der Waals surface area contributed by atoms with E-state index in [0.717, 1.165) is 30.5 Å². The number of rotatable bonds is 2. The second kappa shape index (κ2) is 7.21. The first-order chi connectivity index (χ1) is 11.9. The molecule has 25 heavy (non-hydrogen) atoms. The summed E-state index contributed by atoms with van der Waals surface area (Å²) in [6.07, 6.45) is 4.88. The number of pyridine rings is 1. The fourth-order valence-corrected chi connectivity index (χ4v) is 3.47. The van der Waals surface area contributed by atoms with Crippen LogP contribution in [-0.4, -0.2) is 28.5 Å². The molecule has 5 heteroatoms. The number of likely N-dealkylation sites (tertiary alicyclic amines) is 1. The third kappa shape index (κ3) is 3.98. The molecule has 1 aromatic heterocycles. The van der Waals surface area contributed by atoms with Crippen LogP contribution in [0.2, 0.25) is 0 Å². The minimum atomic E-state index is -0.373. The van der Waals surface area contributed by atoms with E-state index in [2.05, 4.69) is 24.1 Å². The highest BCUT2D eigenvalue weighted by atomic mass is 19.1. The number of nitrogens with one attached hydrogen (secondary N) is 1. The van der Waals surface area contributed by atoms with Crippen LogP contribution < -0.4 is 5.32 Å². The zero-order chi connectivity index (χ0) is 18.0. The summed E-state index contributed by atoms with van der Waals surface area (Å²) >= 11 is 0. The van der Waals surface area contributed by atoms with Gasteiger partial charge in [-0.3, -0.25) is 4.98 Å². The number of amides is 2. The molecule has 0 saturated carbocycles. The quantitative estimate of drug-likeness (QED) is 0.849. The Bertz CT molecular complexity index is 777. The van der Waals surface area contributed by atoms with Gasteiger partial charge in [0.2, 0.25) is 0 Å². The molecule has 1 N–H and O–H groups in total. The maximum absolute atomic E-state index is 13.5. The van der Waals surface area contributed by atoms with Crippen molar-refractivity contribution in [3.05, 3.63) is 48.0 Å². The molecule has 2 amide bonds. The number of nitrogens with zero attached hydrogens (tertiary/aromatic N) is 2. The first-order valence-corrected chi connectivity index (χ1v) is 8.73. The molecule has 1 saturated heterocycles. The van der Waals surface area contributed by atoms with E-state index >= 15 is 0 Å². The first-order valence-electron chi connectivity index (χ1n) is 8.73. The highest BCUT2D eigenvalue weighted by molar-refractivity contribution is 5.90. The average molecular weight is 341 g/mol. The van der Waals surface area contributed by atoms with E-state index in [1.54, 1.807) is 6.20 Å². The Hall–Kier alpha value is -2.43. The Balaban J connectivity index is 1.79. The normalized spacial score (nSPS) is 20.4. The molecule has 2 atom stereocenters. The highest BCUT2D eigenvalue weighted by Gasteiger charge is 2.26. The van der Waals surface area contributed by atoms with Crippen LogP contribution in [-0.2, 0) is 0 Å². The van der Waals surface area contributed by atoms with Crippen LogP contribution in [0.25, 0.3) is 11.1 Å². The standard InChI is InChI=1S/C20H24FN3O/c1-13-6-7-24(15(3)8-13)20(25)23-18-5-4-14(2)19(10-18)16-9-17(21)12-22-11-16/h4-5,9-13,15H,6-8H2,1-3H3,(H,23,25)/t13-,15?/m1/s1. The molecule has 0 aliphatic carbocycles. The number of aryl methyl sites for hydroxylation is 1. The Kier molecular flexibility index (Phi) is 5.02. The summed E-state index contributed by atoms with van der Waals surface area (Å²) in [7, 11) is 0. The van der Waals surface area contributed by atoms with Crippen molar-refractivity contribution in [2.24, 2.45) is 5.92 Å². The van der Waals surface area contributed by atoms with Crippen LogP contribution in [0.15, 0.2) is 36.7 Å². The van der Waals surface area contributed by atoms with E-state index in [-0.39, 0.29) is 17.9 Å². The SMILES string of the molecule is Cc1ccc(NC(=O)N2CC[C@@H](C)CC2C)cc1-c1cncc(F)c1. The summed E-state index contributed by atoms with van der Waals surface area (Å²) in [5.41, 5.74) is 3.28. The van der Waals surface area contributed by atoms with Crippen LogP contribution in [0.1, 0.15) is 32.3 Å². The molecule has 2 heterocycles. The number of halogens is 1. The maximum Gasteiger partial charge on any atom is 0.322 e. The van der Waals surface area contributed by atoms with Crippen molar-refractivity contribution in [1.29, 1.82) is 0 Å². The third-order valence-corrected chi connectivity index (χ3v) is 4.90. The minimum Gasteiger partial charge on any atom is -0.322 e. The molecule has 3 rings (SSSR count). The lowest BCUT2D eigenvalue weighted by Gasteiger charge is -2.36. The number of hydrogen-bond acceptors (Lipinski definition) is 2. The van der Waals surface area contributed by atoms with E-state index in [1.165, 1.54) is 12.3 Å². The van der Waals surface area contributed by atoms with Gasteiger partial charge < -0.3 is 10.2 Å². The molecule has 1 fully saturated rings. The van der Waals surface area contributed by atoms with Gasteiger partial charge in [-0.05, 0) is 61.9 Å². The summed E-state index contributed by atoms with van der Waals surface area (Å²) < 4.78 is 13.5. The van der Waals surface area contributed by atoms with Crippen molar-refractivity contribution in [1.82, 2.24) is 9.88 Å². The Morgan fingerprint density at radius 2 is 2.08 bits per heavy atom. The van der Waals surface area contributed by atoms with E-state index in [0.29, 0.717) is 17.2 Å². The summed E-state index contributed by atoms with van der Waals surface area (Å²) in [5, 5.41) is 2.98. The van der Waals surface area contributed by atoms with Gasteiger partial charge in [0.25, 0.3) is 0 Å². The van der Waals surface area contributed by atoms with Crippen LogP contribution in [0.3, 0.4) is 0 Å². The Morgan fingerprint density at radius 3 is 2.80 bits per heavy atom. The smallest absolute Gasteiger partial charge is 0.322 e. The molecule has 1 aromatic carbocycles. The largest absolute Gasteiger partial charge is 0.322 e. The fraction of sp³-hybridized carbons (Fsp3) is 0.400. The lowest BCUT2D eigenvalue weighted by atomic mass is 9.94. The number of benzene rings is 1. The molecule has 1 unspecified atom stereocenters. The van der Waals surface area contributed by atoms with Crippen molar-refractivity contribution in [3.63, 3.8) is 0 Å². The maximum atomic E-state index is 13.5. The van der Waals surface area contributed by atoms with Crippen molar-refractivity contribution in [2.75, 3.05) is 11.9 Å². The first kappa shape index (κ1) is 17.4. The summed E-state index contributed by atoms with van der Waals surface area (Å²) in [5.74, 6) is 0.285.